The number of rotatable bonds is 3. The topological polar surface area (TPSA) is 64.6 Å². The summed E-state index contributed by atoms with van der Waals surface area (Å²) >= 11 is 0. The number of hydrogen-bond acceptors (Lipinski definition) is 4. The van der Waals surface area contributed by atoms with E-state index in [2.05, 4.69) is 17.9 Å². The van der Waals surface area contributed by atoms with Gasteiger partial charge in [0.2, 0.25) is 0 Å². The second kappa shape index (κ2) is 4.47. The molecule has 3 N–H and O–H groups in total. The zero-order valence-electron chi connectivity index (χ0n) is 9.82. The Balaban J connectivity index is 2.38. The number of nitrogens with one attached hydrogen (secondary N) is 2. The summed E-state index contributed by atoms with van der Waals surface area (Å²) in [5.74, 6) is -0.939. The van der Waals surface area contributed by atoms with Crippen LogP contribution in [0.3, 0.4) is 0 Å². The van der Waals surface area contributed by atoms with Crippen molar-refractivity contribution in [2.24, 2.45) is 0 Å². The zero-order chi connectivity index (χ0) is 12.4. The highest BCUT2D eigenvalue weighted by molar-refractivity contribution is 5.87. The lowest BCUT2D eigenvalue weighted by Gasteiger charge is -2.14. The predicted molar refractivity (Wildman–Crippen MR) is 67.6 cm³/mol. The van der Waals surface area contributed by atoms with Gasteiger partial charge in [-0.1, -0.05) is 6.07 Å². The van der Waals surface area contributed by atoms with E-state index in [-0.39, 0.29) is 0 Å². The third-order valence-electron chi connectivity index (χ3n) is 2.81. The molecule has 5 heteroatoms. The molecule has 2 rings (SSSR count). The van der Waals surface area contributed by atoms with Crippen molar-refractivity contribution in [1.29, 1.82) is 0 Å². The quantitative estimate of drug-likeness (QED) is 0.694. The molecular weight excluding hydrogens is 218 g/mol. The molecule has 1 aromatic rings. The molecule has 90 valence electrons. The third kappa shape index (κ3) is 2.09. The van der Waals surface area contributed by atoms with Gasteiger partial charge in [-0.25, -0.2) is 4.79 Å². The molecule has 0 saturated carbocycles. The Hall–Kier alpha value is -2.01. The van der Waals surface area contributed by atoms with E-state index >= 15 is 0 Å². The van der Waals surface area contributed by atoms with Crippen molar-refractivity contribution in [2.75, 3.05) is 17.0 Å². The molecule has 0 fully saturated rings. The Bertz CT molecular complexity index is 483. The van der Waals surface area contributed by atoms with Gasteiger partial charge in [-0.15, -0.1) is 5.53 Å². The van der Waals surface area contributed by atoms with Gasteiger partial charge in [0, 0.05) is 12.6 Å². The van der Waals surface area contributed by atoms with Crippen molar-refractivity contribution in [1.82, 2.24) is 5.53 Å². The lowest BCUT2D eigenvalue weighted by atomic mass is 10.0. The lowest BCUT2D eigenvalue weighted by molar-refractivity contribution is -0.131. The van der Waals surface area contributed by atoms with Crippen LogP contribution in [0.5, 0.6) is 0 Å². The third-order valence-corrected chi connectivity index (χ3v) is 2.81. The van der Waals surface area contributed by atoms with Gasteiger partial charge in [0.05, 0.1) is 11.4 Å². The van der Waals surface area contributed by atoms with Crippen LogP contribution in [-0.4, -0.2) is 17.6 Å². The summed E-state index contributed by atoms with van der Waals surface area (Å²) in [4.78, 5) is 10.5. The molecule has 0 aromatic heterocycles. The predicted octanol–water partition coefficient (Wildman–Crippen LogP) is 1.76. The molecule has 0 atom stereocenters. The van der Waals surface area contributed by atoms with Gasteiger partial charge in [-0.3, -0.25) is 5.01 Å². The molecule has 0 aliphatic carbocycles. The molecular formula is C12H15N3O2. The van der Waals surface area contributed by atoms with Crippen molar-refractivity contribution in [2.45, 2.75) is 13.8 Å². The van der Waals surface area contributed by atoms with Crippen molar-refractivity contribution in [3.63, 3.8) is 0 Å². The number of nitrogens with zero attached hydrogens (tertiary/aromatic N) is 1. The molecule has 0 saturated heterocycles. The number of hydrazine groups is 2. The highest BCUT2D eigenvalue weighted by Crippen LogP contribution is 2.34. The average molecular weight is 233 g/mol. The monoisotopic (exact) mass is 233 g/mol. The van der Waals surface area contributed by atoms with Crippen molar-refractivity contribution < 1.29 is 9.90 Å². The number of hydrogen-bond donors (Lipinski definition) is 3. The molecule has 0 bridgehead atoms. The first-order valence-corrected chi connectivity index (χ1v) is 5.47. The number of carboxylic acid groups (broad SMARTS) is 1. The Labute approximate surface area is 99.7 Å². The normalized spacial score (nSPS) is 13.9. The maximum absolute atomic E-state index is 10.5. The van der Waals surface area contributed by atoms with Crippen LogP contribution < -0.4 is 16.0 Å². The van der Waals surface area contributed by atoms with E-state index in [1.54, 1.807) is 6.08 Å². The molecule has 1 aromatic carbocycles. The summed E-state index contributed by atoms with van der Waals surface area (Å²) in [7, 11) is 0. The Morgan fingerprint density at radius 2 is 2.29 bits per heavy atom. The fraction of sp³-hybridized carbons (Fsp3) is 0.250. The fourth-order valence-electron chi connectivity index (χ4n) is 1.87. The smallest absolute Gasteiger partial charge is 0.328 e. The Morgan fingerprint density at radius 3 is 2.94 bits per heavy atom. The number of anilines is 2. The number of carbonyl (C=O) groups is 1. The minimum atomic E-state index is -0.939. The number of benzene rings is 1. The minimum Gasteiger partial charge on any atom is -0.478 e. The van der Waals surface area contributed by atoms with E-state index in [4.69, 9.17) is 5.11 Å². The van der Waals surface area contributed by atoms with E-state index in [1.807, 2.05) is 24.1 Å². The van der Waals surface area contributed by atoms with Gasteiger partial charge >= 0.3 is 5.97 Å². The van der Waals surface area contributed by atoms with E-state index in [1.165, 1.54) is 0 Å². The number of aliphatic carboxylic acids is 1. The molecule has 1 heterocycles. The highest BCUT2D eigenvalue weighted by atomic mass is 16.4. The molecule has 0 amide bonds. The Morgan fingerprint density at radius 1 is 1.53 bits per heavy atom. The van der Waals surface area contributed by atoms with Crippen LogP contribution in [0.25, 0.3) is 6.08 Å². The van der Waals surface area contributed by atoms with Gasteiger partial charge in [0.25, 0.3) is 0 Å². The molecule has 0 spiro atoms. The van der Waals surface area contributed by atoms with Crippen LogP contribution in [0.4, 0.5) is 11.4 Å². The molecule has 0 unspecified atom stereocenters. The summed E-state index contributed by atoms with van der Waals surface area (Å²) in [5.41, 5.74) is 10.2. The maximum atomic E-state index is 10.5. The second-order valence-corrected chi connectivity index (χ2v) is 3.83. The second-order valence-electron chi connectivity index (χ2n) is 3.83. The van der Waals surface area contributed by atoms with Crippen molar-refractivity contribution in [3.05, 3.63) is 29.3 Å². The standard InChI is InChI=1S/C12H15N3O2/c1-3-15-10-6-4-9(5-7-11(16)17)8(2)12(10)13-14-15/h4-7,13-14H,3H2,1-2H3,(H,16,17)/b7-5+. The molecule has 1 aliphatic heterocycles. The SMILES string of the molecule is CCN1NNc2c1ccc(/C=C/C(=O)O)c2C. The van der Waals surface area contributed by atoms with Gasteiger partial charge in [-0.05, 0) is 37.1 Å². The number of carboxylic acids is 1. The van der Waals surface area contributed by atoms with Gasteiger partial charge in [-0.2, -0.15) is 0 Å². The molecule has 17 heavy (non-hydrogen) atoms. The molecule has 0 radical (unpaired) electrons. The summed E-state index contributed by atoms with van der Waals surface area (Å²) in [6.45, 7) is 4.87. The first-order chi connectivity index (χ1) is 8.13. The van der Waals surface area contributed by atoms with Gasteiger partial charge < -0.3 is 10.5 Å². The van der Waals surface area contributed by atoms with Crippen LogP contribution >= 0.6 is 0 Å². The van der Waals surface area contributed by atoms with Crippen LogP contribution in [0.2, 0.25) is 0 Å². The van der Waals surface area contributed by atoms with Crippen LogP contribution in [0.15, 0.2) is 18.2 Å². The zero-order valence-corrected chi connectivity index (χ0v) is 9.82. The largest absolute Gasteiger partial charge is 0.478 e. The fourth-order valence-corrected chi connectivity index (χ4v) is 1.87. The van der Waals surface area contributed by atoms with E-state index in [0.29, 0.717) is 0 Å². The molecule has 1 aliphatic rings. The first-order valence-electron chi connectivity index (χ1n) is 5.47. The average Bonchev–Trinajstić information content (AvgIpc) is 2.71. The highest BCUT2D eigenvalue weighted by Gasteiger charge is 2.19. The first kappa shape index (κ1) is 11.5. The van der Waals surface area contributed by atoms with Gasteiger partial charge in [0.15, 0.2) is 0 Å². The van der Waals surface area contributed by atoms with Crippen LogP contribution in [0, 0.1) is 6.92 Å². The summed E-state index contributed by atoms with van der Waals surface area (Å²) < 4.78 is 0. The lowest BCUT2D eigenvalue weighted by Crippen LogP contribution is -2.35. The molecule has 5 nitrogen and oxygen atoms in total. The summed E-state index contributed by atoms with van der Waals surface area (Å²) in [6.07, 6.45) is 2.75. The van der Waals surface area contributed by atoms with Crippen molar-refractivity contribution >= 4 is 23.4 Å². The van der Waals surface area contributed by atoms with Gasteiger partial charge in [0.1, 0.15) is 0 Å². The van der Waals surface area contributed by atoms with Crippen molar-refractivity contribution in [3.8, 4) is 0 Å². The van der Waals surface area contributed by atoms with E-state index in [9.17, 15) is 4.79 Å². The Kier molecular flexibility index (Phi) is 3.01. The summed E-state index contributed by atoms with van der Waals surface area (Å²) in [6, 6.07) is 3.89. The van der Waals surface area contributed by atoms with E-state index < -0.39 is 5.97 Å². The maximum Gasteiger partial charge on any atom is 0.328 e. The van der Waals surface area contributed by atoms with E-state index in [0.717, 1.165) is 35.1 Å². The van der Waals surface area contributed by atoms with Crippen LogP contribution in [-0.2, 0) is 4.79 Å². The van der Waals surface area contributed by atoms with Crippen LogP contribution in [0.1, 0.15) is 18.1 Å². The summed E-state index contributed by atoms with van der Waals surface area (Å²) in [5, 5.41) is 10.6. The minimum absolute atomic E-state index is 0.851. The number of fused-ring (bicyclic) bond motifs is 1.